The molecule has 1 atom stereocenters. The number of hydrogen-bond acceptors (Lipinski definition) is 4. The Hall–Kier alpha value is -0.710. The van der Waals surface area contributed by atoms with Crippen LogP contribution < -0.4 is 0 Å². The third-order valence-electron chi connectivity index (χ3n) is 3.00. The van der Waals surface area contributed by atoms with Gasteiger partial charge in [0.25, 0.3) is 0 Å². The van der Waals surface area contributed by atoms with Crippen LogP contribution in [0.2, 0.25) is 0 Å². The number of ether oxygens (including phenoxy) is 1. The molecule has 1 aromatic rings. The van der Waals surface area contributed by atoms with Gasteiger partial charge in [-0.1, -0.05) is 6.07 Å². The van der Waals surface area contributed by atoms with E-state index in [2.05, 4.69) is 4.90 Å². The van der Waals surface area contributed by atoms with Gasteiger partial charge in [0.15, 0.2) is 5.78 Å². The van der Waals surface area contributed by atoms with E-state index in [1.54, 1.807) is 0 Å². The van der Waals surface area contributed by atoms with Crippen LogP contribution in [-0.2, 0) is 4.74 Å². The highest BCUT2D eigenvalue weighted by Gasteiger charge is 2.17. The number of thiophene rings is 1. The molecule has 1 fully saturated rings. The second kappa shape index (κ2) is 6.28. The van der Waals surface area contributed by atoms with Gasteiger partial charge in [-0.05, 0) is 37.8 Å². The fourth-order valence-corrected chi connectivity index (χ4v) is 2.78. The number of rotatable bonds is 5. The van der Waals surface area contributed by atoms with Gasteiger partial charge >= 0.3 is 0 Å². The second-order valence-corrected chi connectivity index (χ2v) is 5.53. The molecule has 0 saturated carbocycles. The van der Waals surface area contributed by atoms with E-state index in [0.717, 1.165) is 24.4 Å². The highest BCUT2D eigenvalue weighted by molar-refractivity contribution is 7.12. The molecule has 1 aliphatic heterocycles. The predicted molar refractivity (Wildman–Crippen MR) is 69.7 cm³/mol. The van der Waals surface area contributed by atoms with Crippen LogP contribution >= 0.6 is 11.3 Å². The average molecular weight is 253 g/mol. The summed E-state index contributed by atoms with van der Waals surface area (Å²) in [5.74, 6) is 0.207. The summed E-state index contributed by atoms with van der Waals surface area (Å²) in [4.78, 5) is 14.8. The molecule has 0 bridgehead atoms. The lowest BCUT2D eigenvalue weighted by molar-refractivity contribution is -0.000650. The number of likely N-dealkylation sites (N-methyl/N-ethyl adjacent to an activating group) is 1. The number of ketones is 1. The summed E-state index contributed by atoms with van der Waals surface area (Å²) in [7, 11) is 1.99. The number of hydrogen-bond donors (Lipinski definition) is 0. The van der Waals surface area contributed by atoms with Crippen molar-refractivity contribution in [1.82, 2.24) is 4.90 Å². The van der Waals surface area contributed by atoms with E-state index < -0.39 is 0 Å². The van der Waals surface area contributed by atoms with Crippen LogP contribution in [0, 0.1) is 0 Å². The van der Waals surface area contributed by atoms with Gasteiger partial charge in [0, 0.05) is 13.2 Å². The maximum Gasteiger partial charge on any atom is 0.186 e. The maximum atomic E-state index is 11.9. The molecule has 17 heavy (non-hydrogen) atoms. The number of carbonyl (C=O) groups is 1. The molecule has 3 nitrogen and oxygen atoms in total. The number of Topliss-reactive ketones (excluding diaryl/α,β-unsaturated/α-hetero) is 1. The lowest BCUT2D eigenvalue weighted by Gasteiger charge is -2.26. The van der Waals surface area contributed by atoms with Crippen LogP contribution in [0.5, 0.6) is 0 Å². The van der Waals surface area contributed by atoms with E-state index in [1.165, 1.54) is 24.2 Å². The van der Waals surface area contributed by atoms with Gasteiger partial charge < -0.3 is 4.74 Å². The molecular weight excluding hydrogens is 234 g/mol. The molecule has 4 heteroatoms. The topological polar surface area (TPSA) is 29.5 Å². The first-order chi connectivity index (χ1) is 8.25. The van der Waals surface area contributed by atoms with Gasteiger partial charge in [0.2, 0.25) is 0 Å². The first kappa shape index (κ1) is 12.7. The summed E-state index contributed by atoms with van der Waals surface area (Å²) in [6, 6.07) is 3.81. The zero-order valence-corrected chi connectivity index (χ0v) is 11.0. The van der Waals surface area contributed by atoms with Crippen molar-refractivity contribution in [2.24, 2.45) is 0 Å². The fourth-order valence-electron chi connectivity index (χ4n) is 2.12. The van der Waals surface area contributed by atoms with Crippen molar-refractivity contribution in [3.05, 3.63) is 22.4 Å². The molecule has 1 aliphatic rings. The van der Waals surface area contributed by atoms with Gasteiger partial charge in [-0.15, -0.1) is 11.3 Å². The van der Waals surface area contributed by atoms with Gasteiger partial charge in [-0.2, -0.15) is 0 Å². The maximum absolute atomic E-state index is 11.9. The minimum absolute atomic E-state index is 0.207. The van der Waals surface area contributed by atoms with Crippen molar-refractivity contribution in [3.8, 4) is 0 Å². The van der Waals surface area contributed by atoms with E-state index in [-0.39, 0.29) is 5.78 Å². The molecule has 0 spiro atoms. The Morgan fingerprint density at radius 2 is 2.47 bits per heavy atom. The summed E-state index contributed by atoms with van der Waals surface area (Å²) in [6.07, 6.45) is 3.85. The summed E-state index contributed by atoms with van der Waals surface area (Å²) < 4.78 is 5.67. The molecule has 0 amide bonds. The van der Waals surface area contributed by atoms with Gasteiger partial charge in [0.05, 0.1) is 17.5 Å². The highest BCUT2D eigenvalue weighted by Crippen LogP contribution is 2.14. The molecule has 0 aliphatic carbocycles. The zero-order valence-electron chi connectivity index (χ0n) is 10.2. The van der Waals surface area contributed by atoms with E-state index in [4.69, 9.17) is 4.74 Å². The Bertz CT molecular complexity index is 344. The standard InChI is InChI=1S/C13H19NO2S/c1-14(9-11-5-2-3-7-16-11)10-12(15)13-6-4-8-17-13/h4,6,8,11H,2-3,5,7,9-10H2,1H3. The molecule has 94 valence electrons. The molecule has 0 N–H and O–H groups in total. The molecular formula is C13H19NO2S. The third kappa shape index (κ3) is 3.91. The van der Waals surface area contributed by atoms with Crippen LogP contribution in [0.4, 0.5) is 0 Å². The van der Waals surface area contributed by atoms with Crippen LogP contribution in [0.15, 0.2) is 17.5 Å². The summed E-state index contributed by atoms with van der Waals surface area (Å²) in [5, 5.41) is 1.94. The monoisotopic (exact) mass is 253 g/mol. The predicted octanol–water partition coefficient (Wildman–Crippen LogP) is 2.43. The van der Waals surface area contributed by atoms with Crippen molar-refractivity contribution >= 4 is 17.1 Å². The molecule has 1 unspecified atom stereocenters. The lowest BCUT2D eigenvalue weighted by Crippen LogP contribution is -2.36. The van der Waals surface area contributed by atoms with Crippen LogP contribution in [0.1, 0.15) is 28.9 Å². The van der Waals surface area contributed by atoms with E-state index in [0.29, 0.717) is 12.6 Å². The van der Waals surface area contributed by atoms with Crippen molar-refractivity contribution in [3.63, 3.8) is 0 Å². The Kier molecular flexibility index (Phi) is 4.71. The minimum Gasteiger partial charge on any atom is -0.377 e. The highest BCUT2D eigenvalue weighted by atomic mass is 32.1. The minimum atomic E-state index is 0.207. The van der Waals surface area contributed by atoms with Crippen molar-refractivity contribution < 1.29 is 9.53 Å². The van der Waals surface area contributed by atoms with E-state index in [1.807, 2.05) is 24.6 Å². The number of nitrogens with zero attached hydrogens (tertiary/aromatic N) is 1. The van der Waals surface area contributed by atoms with E-state index in [9.17, 15) is 4.79 Å². The van der Waals surface area contributed by atoms with Gasteiger partial charge in [-0.3, -0.25) is 9.69 Å². The number of carbonyl (C=O) groups excluding carboxylic acids is 1. The molecule has 1 saturated heterocycles. The fraction of sp³-hybridized carbons (Fsp3) is 0.615. The van der Waals surface area contributed by atoms with Gasteiger partial charge in [-0.25, -0.2) is 0 Å². The molecule has 2 heterocycles. The molecule has 0 radical (unpaired) electrons. The Morgan fingerprint density at radius 3 is 3.12 bits per heavy atom. The lowest BCUT2D eigenvalue weighted by atomic mass is 10.1. The summed E-state index contributed by atoms with van der Waals surface area (Å²) in [6.45, 7) is 2.22. The normalized spacial score (nSPS) is 20.7. The summed E-state index contributed by atoms with van der Waals surface area (Å²) >= 11 is 1.51. The van der Waals surface area contributed by atoms with Crippen molar-refractivity contribution in [2.75, 3.05) is 26.7 Å². The largest absolute Gasteiger partial charge is 0.377 e. The first-order valence-electron chi connectivity index (χ1n) is 6.12. The first-order valence-corrected chi connectivity index (χ1v) is 7.00. The zero-order chi connectivity index (χ0) is 12.1. The average Bonchev–Trinajstić information content (AvgIpc) is 2.83. The van der Waals surface area contributed by atoms with Gasteiger partial charge in [0.1, 0.15) is 0 Å². The quantitative estimate of drug-likeness (QED) is 0.755. The SMILES string of the molecule is CN(CC(=O)c1cccs1)CC1CCCCO1. The van der Waals surface area contributed by atoms with E-state index >= 15 is 0 Å². The third-order valence-corrected chi connectivity index (χ3v) is 3.91. The van der Waals surface area contributed by atoms with Crippen molar-refractivity contribution in [1.29, 1.82) is 0 Å². The van der Waals surface area contributed by atoms with Crippen LogP contribution in [-0.4, -0.2) is 43.5 Å². The van der Waals surface area contributed by atoms with Crippen molar-refractivity contribution in [2.45, 2.75) is 25.4 Å². The second-order valence-electron chi connectivity index (χ2n) is 4.59. The Morgan fingerprint density at radius 1 is 1.59 bits per heavy atom. The smallest absolute Gasteiger partial charge is 0.186 e. The van der Waals surface area contributed by atoms with Crippen LogP contribution in [0.25, 0.3) is 0 Å². The molecule has 2 rings (SSSR count). The summed E-state index contributed by atoms with van der Waals surface area (Å²) in [5.41, 5.74) is 0. The molecule has 0 aromatic carbocycles. The Labute approximate surface area is 106 Å². The van der Waals surface area contributed by atoms with Crippen LogP contribution in [0.3, 0.4) is 0 Å². The Balaban J connectivity index is 1.76. The molecule has 1 aromatic heterocycles.